The van der Waals surface area contributed by atoms with Crippen molar-refractivity contribution in [2.75, 3.05) is 11.4 Å². The van der Waals surface area contributed by atoms with E-state index in [0.717, 1.165) is 23.6 Å². The van der Waals surface area contributed by atoms with E-state index in [1.165, 1.54) is 0 Å². The van der Waals surface area contributed by atoms with Crippen LogP contribution < -0.4 is 4.90 Å². The summed E-state index contributed by atoms with van der Waals surface area (Å²) in [6, 6.07) is 1.90. The summed E-state index contributed by atoms with van der Waals surface area (Å²) in [5.74, 6) is 1.68. The molecule has 0 amide bonds. The molecule has 3 aromatic rings. The van der Waals surface area contributed by atoms with Crippen molar-refractivity contribution in [1.82, 2.24) is 29.3 Å². The molecule has 0 saturated carbocycles. The molecule has 0 fully saturated rings. The maximum Gasteiger partial charge on any atom is 0.226 e. The van der Waals surface area contributed by atoms with Crippen molar-refractivity contribution < 1.29 is 0 Å². The average Bonchev–Trinajstić information content (AvgIpc) is 3.14. The molecule has 0 aliphatic rings. The molecule has 0 aliphatic carbocycles. The van der Waals surface area contributed by atoms with Gasteiger partial charge in [0.2, 0.25) is 5.95 Å². The van der Waals surface area contributed by atoms with Crippen molar-refractivity contribution in [1.29, 1.82) is 0 Å². The second kappa shape index (κ2) is 5.97. The molecule has 0 unspecified atom stereocenters. The number of anilines is 1. The van der Waals surface area contributed by atoms with Gasteiger partial charge in [0.05, 0.1) is 18.4 Å². The molecular weight excluding hydrogens is 278 g/mol. The topological polar surface area (TPSA) is 64.7 Å². The number of nitrogens with zero attached hydrogens (tertiary/aromatic N) is 7. The van der Waals surface area contributed by atoms with Crippen LogP contribution in [0.4, 0.5) is 5.95 Å². The fraction of sp³-hybridized carbons (Fsp3) is 0.333. The third-order valence-electron chi connectivity index (χ3n) is 3.56. The fourth-order valence-corrected chi connectivity index (χ4v) is 2.26. The SMILES string of the molecule is CCN(Cc1nccn1C)c1nccc(-c2cnn(C)c2)n1. The number of imidazole rings is 1. The average molecular weight is 297 g/mol. The normalized spacial score (nSPS) is 10.9. The van der Waals surface area contributed by atoms with Gasteiger partial charge in [0, 0.05) is 51.0 Å². The van der Waals surface area contributed by atoms with Crippen LogP contribution in [0.2, 0.25) is 0 Å². The van der Waals surface area contributed by atoms with Crippen molar-refractivity contribution in [3.05, 3.63) is 42.9 Å². The summed E-state index contributed by atoms with van der Waals surface area (Å²) in [7, 11) is 3.88. The van der Waals surface area contributed by atoms with E-state index < -0.39 is 0 Å². The maximum atomic E-state index is 4.66. The monoisotopic (exact) mass is 297 g/mol. The molecule has 0 atom stereocenters. The summed E-state index contributed by atoms with van der Waals surface area (Å²) >= 11 is 0. The molecule has 0 aromatic carbocycles. The lowest BCUT2D eigenvalue weighted by atomic mass is 10.2. The smallest absolute Gasteiger partial charge is 0.226 e. The van der Waals surface area contributed by atoms with Gasteiger partial charge < -0.3 is 9.47 Å². The van der Waals surface area contributed by atoms with Crippen molar-refractivity contribution in [2.45, 2.75) is 13.5 Å². The Morgan fingerprint density at radius 3 is 2.68 bits per heavy atom. The Kier molecular flexibility index (Phi) is 3.86. The first kappa shape index (κ1) is 14.2. The quantitative estimate of drug-likeness (QED) is 0.716. The minimum atomic E-state index is 0.677. The molecule has 3 aromatic heterocycles. The predicted octanol–water partition coefficient (Wildman–Crippen LogP) is 1.64. The summed E-state index contributed by atoms with van der Waals surface area (Å²) in [6.45, 7) is 3.57. The predicted molar refractivity (Wildman–Crippen MR) is 84.2 cm³/mol. The third-order valence-corrected chi connectivity index (χ3v) is 3.56. The van der Waals surface area contributed by atoms with Crippen LogP contribution in [0.1, 0.15) is 12.7 Å². The molecule has 114 valence electrons. The first-order chi connectivity index (χ1) is 10.7. The zero-order valence-corrected chi connectivity index (χ0v) is 13.0. The Balaban J connectivity index is 1.88. The lowest BCUT2D eigenvalue weighted by Crippen LogP contribution is -2.25. The molecule has 0 N–H and O–H groups in total. The van der Waals surface area contributed by atoms with E-state index in [4.69, 9.17) is 0 Å². The van der Waals surface area contributed by atoms with E-state index >= 15 is 0 Å². The van der Waals surface area contributed by atoms with E-state index in [0.29, 0.717) is 12.5 Å². The Bertz CT molecular complexity index is 759. The van der Waals surface area contributed by atoms with Gasteiger partial charge in [0.25, 0.3) is 0 Å². The van der Waals surface area contributed by atoms with Gasteiger partial charge in [-0.15, -0.1) is 0 Å². The van der Waals surface area contributed by atoms with Gasteiger partial charge >= 0.3 is 0 Å². The van der Waals surface area contributed by atoms with Gasteiger partial charge in [0.15, 0.2) is 0 Å². The van der Waals surface area contributed by atoms with Gasteiger partial charge in [-0.2, -0.15) is 5.10 Å². The molecule has 0 radical (unpaired) electrons. The van der Waals surface area contributed by atoms with Crippen LogP contribution in [0.3, 0.4) is 0 Å². The lowest BCUT2D eigenvalue weighted by molar-refractivity contribution is 0.713. The Morgan fingerprint density at radius 1 is 1.18 bits per heavy atom. The van der Waals surface area contributed by atoms with Gasteiger partial charge in [0.1, 0.15) is 5.82 Å². The summed E-state index contributed by atoms with van der Waals surface area (Å²) < 4.78 is 3.77. The molecule has 22 heavy (non-hydrogen) atoms. The van der Waals surface area contributed by atoms with E-state index in [1.54, 1.807) is 23.3 Å². The number of hydrogen-bond acceptors (Lipinski definition) is 5. The van der Waals surface area contributed by atoms with Gasteiger partial charge in [-0.25, -0.2) is 15.0 Å². The van der Waals surface area contributed by atoms with Crippen molar-refractivity contribution in [3.63, 3.8) is 0 Å². The van der Waals surface area contributed by atoms with Gasteiger partial charge in [-0.1, -0.05) is 0 Å². The molecule has 7 heteroatoms. The molecule has 7 nitrogen and oxygen atoms in total. The summed E-state index contributed by atoms with van der Waals surface area (Å²) in [4.78, 5) is 15.5. The molecule has 0 aliphatic heterocycles. The molecule has 0 saturated heterocycles. The highest BCUT2D eigenvalue weighted by Gasteiger charge is 2.12. The molecule has 0 spiro atoms. The number of rotatable bonds is 5. The highest BCUT2D eigenvalue weighted by atomic mass is 15.3. The van der Waals surface area contributed by atoms with Crippen LogP contribution >= 0.6 is 0 Å². The van der Waals surface area contributed by atoms with E-state index in [-0.39, 0.29) is 0 Å². The fourth-order valence-electron chi connectivity index (χ4n) is 2.26. The van der Waals surface area contributed by atoms with Crippen LogP contribution in [-0.2, 0) is 20.6 Å². The Morgan fingerprint density at radius 2 is 2.05 bits per heavy atom. The highest BCUT2D eigenvalue weighted by Crippen LogP contribution is 2.18. The molecule has 3 rings (SSSR count). The van der Waals surface area contributed by atoms with Crippen LogP contribution in [0, 0.1) is 0 Å². The highest BCUT2D eigenvalue weighted by molar-refractivity contribution is 5.58. The van der Waals surface area contributed by atoms with Crippen LogP contribution in [0.15, 0.2) is 37.1 Å². The van der Waals surface area contributed by atoms with E-state index in [2.05, 4.69) is 31.9 Å². The molecule has 3 heterocycles. The zero-order valence-electron chi connectivity index (χ0n) is 13.0. The number of aromatic nitrogens is 6. The van der Waals surface area contributed by atoms with Crippen molar-refractivity contribution in [3.8, 4) is 11.3 Å². The zero-order chi connectivity index (χ0) is 15.5. The van der Waals surface area contributed by atoms with Crippen molar-refractivity contribution in [2.24, 2.45) is 14.1 Å². The third kappa shape index (κ3) is 2.83. The summed E-state index contributed by atoms with van der Waals surface area (Å²) in [5, 5.41) is 4.19. The largest absolute Gasteiger partial charge is 0.337 e. The van der Waals surface area contributed by atoms with Crippen LogP contribution in [-0.4, -0.2) is 35.8 Å². The Labute approximate surface area is 129 Å². The second-order valence-electron chi connectivity index (χ2n) is 5.11. The number of hydrogen-bond donors (Lipinski definition) is 0. The maximum absolute atomic E-state index is 4.66. The first-order valence-electron chi connectivity index (χ1n) is 7.20. The van der Waals surface area contributed by atoms with Gasteiger partial charge in [-0.3, -0.25) is 4.68 Å². The first-order valence-corrected chi connectivity index (χ1v) is 7.20. The summed E-state index contributed by atoms with van der Waals surface area (Å²) in [6.07, 6.45) is 9.28. The lowest BCUT2D eigenvalue weighted by Gasteiger charge is -2.20. The van der Waals surface area contributed by atoms with Gasteiger partial charge in [-0.05, 0) is 13.0 Å². The minimum absolute atomic E-state index is 0.677. The van der Waals surface area contributed by atoms with E-state index in [1.807, 2.05) is 37.1 Å². The van der Waals surface area contributed by atoms with Crippen molar-refractivity contribution >= 4 is 5.95 Å². The molecule has 0 bridgehead atoms. The van der Waals surface area contributed by atoms with Crippen LogP contribution in [0.5, 0.6) is 0 Å². The standard InChI is InChI=1S/C15H19N7/c1-4-22(11-14-16-7-8-20(14)2)15-17-6-5-13(19-15)12-9-18-21(3)10-12/h5-10H,4,11H2,1-3H3. The second-order valence-corrected chi connectivity index (χ2v) is 5.11. The number of aryl methyl sites for hydroxylation is 2. The summed E-state index contributed by atoms with van der Waals surface area (Å²) in [5.41, 5.74) is 1.86. The van der Waals surface area contributed by atoms with Crippen LogP contribution in [0.25, 0.3) is 11.3 Å². The Hall–Kier alpha value is -2.70. The minimum Gasteiger partial charge on any atom is -0.337 e. The molecular formula is C15H19N7. The van der Waals surface area contributed by atoms with E-state index in [9.17, 15) is 0 Å².